The van der Waals surface area contributed by atoms with Crippen molar-refractivity contribution in [2.45, 2.75) is 39.0 Å². The van der Waals surface area contributed by atoms with Gasteiger partial charge in [0.25, 0.3) is 0 Å². The van der Waals surface area contributed by atoms with Crippen LogP contribution in [0.1, 0.15) is 25.8 Å². The largest absolute Gasteiger partial charge is 0.363 e. The van der Waals surface area contributed by atoms with Gasteiger partial charge in [0, 0.05) is 12.6 Å². The van der Waals surface area contributed by atoms with Gasteiger partial charge in [-0.25, -0.2) is 0 Å². The Morgan fingerprint density at radius 3 is 2.67 bits per heavy atom. The zero-order valence-electron chi connectivity index (χ0n) is 9.52. The predicted molar refractivity (Wildman–Crippen MR) is 61.5 cm³/mol. The summed E-state index contributed by atoms with van der Waals surface area (Å²) in [7, 11) is 0. The van der Waals surface area contributed by atoms with Crippen molar-refractivity contribution in [1.29, 1.82) is 0 Å². The molecule has 2 nitrogen and oxygen atoms in total. The van der Waals surface area contributed by atoms with Gasteiger partial charge in [-0.3, -0.25) is 4.90 Å². The van der Waals surface area contributed by atoms with Crippen molar-refractivity contribution in [1.82, 2.24) is 4.90 Å². The summed E-state index contributed by atoms with van der Waals surface area (Å²) in [5.41, 5.74) is 1.36. The van der Waals surface area contributed by atoms with E-state index < -0.39 is 0 Å². The first-order valence-corrected chi connectivity index (χ1v) is 5.65. The maximum Gasteiger partial charge on any atom is 0.0999 e. The minimum absolute atomic E-state index is 0.409. The molecule has 0 aliphatic carbocycles. The van der Waals surface area contributed by atoms with Gasteiger partial charge < -0.3 is 4.74 Å². The molecule has 1 saturated heterocycles. The van der Waals surface area contributed by atoms with Crippen LogP contribution >= 0.6 is 0 Å². The molecule has 2 rings (SSSR count). The molecule has 2 heteroatoms. The third-order valence-corrected chi connectivity index (χ3v) is 3.05. The van der Waals surface area contributed by atoms with E-state index in [4.69, 9.17) is 4.74 Å². The molecule has 1 fully saturated rings. The fraction of sp³-hybridized carbons (Fsp3) is 0.538. The molecule has 0 saturated carbocycles. The van der Waals surface area contributed by atoms with Crippen molar-refractivity contribution in [2.24, 2.45) is 0 Å². The van der Waals surface area contributed by atoms with E-state index in [0.29, 0.717) is 12.1 Å². The first-order valence-electron chi connectivity index (χ1n) is 5.65. The SMILES string of the molecule is C[C@@H]1C[C@@H](C)N(Cc2ccccc2)CO1. The highest BCUT2D eigenvalue weighted by atomic mass is 16.5. The molecule has 1 aliphatic rings. The number of benzene rings is 1. The molecule has 1 aliphatic heterocycles. The molecule has 0 radical (unpaired) electrons. The van der Waals surface area contributed by atoms with Gasteiger partial charge in [0.15, 0.2) is 0 Å². The van der Waals surface area contributed by atoms with Crippen molar-refractivity contribution in [2.75, 3.05) is 6.73 Å². The number of hydrogen-bond acceptors (Lipinski definition) is 2. The van der Waals surface area contributed by atoms with Gasteiger partial charge in [0.05, 0.1) is 12.8 Å². The second kappa shape index (κ2) is 4.77. The van der Waals surface area contributed by atoms with Crippen LogP contribution < -0.4 is 0 Å². The first kappa shape index (κ1) is 10.7. The third kappa shape index (κ3) is 2.80. The summed E-state index contributed by atoms with van der Waals surface area (Å²) >= 11 is 0. The molecule has 1 aromatic rings. The van der Waals surface area contributed by atoms with Crippen LogP contribution in [0.15, 0.2) is 30.3 Å². The van der Waals surface area contributed by atoms with E-state index in [1.165, 1.54) is 5.56 Å². The van der Waals surface area contributed by atoms with E-state index in [0.717, 1.165) is 19.7 Å². The second-order valence-corrected chi connectivity index (χ2v) is 4.42. The van der Waals surface area contributed by atoms with E-state index in [-0.39, 0.29) is 0 Å². The minimum Gasteiger partial charge on any atom is -0.363 e. The van der Waals surface area contributed by atoms with Crippen LogP contribution in [0.2, 0.25) is 0 Å². The topological polar surface area (TPSA) is 12.5 Å². The van der Waals surface area contributed by atoms with Crippen LogP contribution in [0.25, 0.3) is 0 Å². The maximum atomic E-state index is 5.66. The number of nitrogens with zero attached hydrogens (tertiary/aromatic N) is 1. The van der Waals surface area contributed by atoms with E-state index in [2.05, 4.69) is 49.1 Å². The summed E-state index contributed by atoms with van der Waals surface area (Å²) < 4.78 is 5.66. The molecule has 0 aromatic heterocycles. The lowest BCUT2D eigenvalue weighted by molar-refractivity contribution is -0.0887. The monoisotopic (exact) mass is 205 g/mol. The van der Waals surface area contributed by atoms with Gasteiger partial charge in [-0.1, -0.05) is 30.3 Å². The summed E-state index contributed by atoms with van der Waals surface area (Å²) in [6.07, 6.45) is 1.54. The van der Waals surface area contributed by atoms with Gasteiger partial charge >= 0.3 is 0 Å². The molecule has 15 heavy (non-hydrogen) atoms. The van der Waals surface area contributed by atoms with Gasteiger partial charge in [-0.15, -0.1) is 0 Å². The van der Waals surface area contributed by atoms with E-state index in [1.54, 1.807) is 0 Å². The molecule has 2 atom stereocenters. The molecular weight excluding hydrogens is 186 g/mol. The Kier molecular flexibility index (Phi) is 3.39. The molecule has 0 unspecified atom stereocenters. The molecule has 0 amide bonds. The minimum atomic E-state index is 0.409. The second-order valence-electron chi connectivity index (χ2n) is 4.42. The molecule has 0 bridgehead atoms. The average molecular weight is 205 g/mol. The lowest BCUT2D eigenvalue weighted by Crippen LogP contribution is -2.42. The molecule has 1 aromatic carbocycles. The van der Waals surface area contributed by atoms with Crippen LogP contribution in [0.5, 0.6) is 0 Å². The summed E-state index contributed by atoms with van der Waals surface area (Å²) in [4.78, 5) is 2.38. The Hall–Kier alpha value is -0.860. The van der Waals surface area contributed by atoms with Crippen molar-refractivity contribution in [3.8, 4) is 0 Å². The van der Waals surface area contributed by atoms with E-state index >= 15 is 0 Å². The van der Waals surface area contributed by atoms with Gasteiger partial charge in [-0.05, 0) is 25.8 Å². The van der Waals surface area contributed by atoms with Crippen LogP contribution in [0.4, 0.5) is 0 Å². The van der Waals surface area contributed by atoms with Crippen molar-refractivity contribution >= 4 is 0 Å². The Bertz CT molecular complexity index is 299. The number of hydrogen-bond donors (Lipinski definition) is 0. The van der Waals surface area contributed by atoms with Gasteiger partial charge in [0.2, 0.25) is 0 Å². The molecule has 0 spiro atoms. The Labute approximate surface area is 91.9 Å². The molecule has 82 valence electrons. The van der Waals surface area contributed by atoms with Crippen LogP contribution in [0.3, 0.4) is 0 Å². The highest BCUT2D eigenvalue weighted by Crippen LogP contribution is 2.18. The summed E-state index contributed by atoms with van der Waals surface area (Å²) in [5.74, 6) is 0. The van der Waals surface area contributed by atoms with Crippen molar-refractivity contribution in [3.05, 3.63) is 35.9 Å². The summed E-state index contributed by atoms with van der Waals surface area (Å²) in [6, 6.07) is 11.2. The zero-order chi connectivity index (χ0) is 10.7. The lowest BCUT2D eigenvalue weighted by Gasteiger charge is -2.36. The van der Waals surface area contributed by atoms with E-state index in [9.17, 15) is 0 Å². The quantitative estimate of drug-likeness (QED) is 0.736. The van der Waals surface area contributed by atoms with Crippen LogP contribution in [-0.2, 0) is 11.3 Å². The van der Waals surface area contributed by atoms with Gasteiger partial charge in [0.1, 0.15) is 0 Å². The third-order valence-electron chi connectivity index (χ3n) is 3.05. The van der Waals surface area contributed by atoms with E-state index in [1.807, 2.05) is 0 Å². The summed E-state index contributed by atoms with van der Waals surface area (Å²) in [5, 5.41) is 0. The smallest absolute Gasteiger partial charge is 0.0999 e. The predicted octanol–water partition coefficient (Wildman–Crippen LogP) is 2.64. The van der Waals surface area contributed by atoms with Crippen molar-refractivity contribution in [3.63, 3.8) is 0 Å². The molecule has 0 N–H and O–H groups in total. The standard InChI is InChI=1S/C13H19NO/c1-11-8-12(2)15-10-14(11)9-13-6-4-3-5-7-13/h3-7,11-12H,8-10H2,1-2H3/t11-,12-/m1/s1. The normalized spacial score (nSPS) is 27.9. The lowest BCUT2D eigenvalue weighted by atomic mass is 10.1. The molecule has 1 heterocycles. The summed E-state index contributed by atoms with van der Waals surface area (Å²) in [6.45, 7) is 6.18. The highest BCUT2D eigenvalue weighted by Gasteiger charge is 2.22. The highest BCUT2D eigenvalue weighted by molar-refractivity contribution is 5.14. The Balaban J connectivity index is 1.95. The number of rotatable bonds is 2. The van der Waals surface area contributed by atoms with Crippen LogP contribution in [0, 0.1) is 0 Å². The molecular formula is C13H19NO. The fourth-order valence-electron chi connectivity index (χ4n) is 2.07. The Morgan fingerprint density at radius 1 is 1.27 bits per heavy atom. The fourth-order valence-corrected chi connectivity index (χ4v) is 2.07. The van der Waals surface area contributed by atoms with Crippen LogP contribution in [-0.4, -0.2) is 23.8 Å². The average Bonchev–Trinajstić information content (AvgIpc) is 2.24. The van der Waals surface area contributed by atoms with Gasteiger partial charge in [-0.2, -0.15) is 0 Å². The number of ether oxygens (including phenoxy) is 1. The Morgan fingerprint density at radius 2 is 2.00 bits per heavy atom. The first-order chi connectivity index (χ1) is 7.25. The van der Waals surface area contributed by atoms with Crippen molar-refractivity contribution < 1.29 is 4.74 Å². The maximum absolute atomic E-state index is 5.66. The zero-order valence-corrected chi connectivity index (χ0v) is 9.52.